The second kappa shape index (κ2) is 7.20. The summed E-state index contributed by atoms with van der Waals surface area (Å²) in [5.41, 5.74) is 1.99. The molecule has 0 bridgehead atoms. The average molecular weight is 349 g/mol. The number of hydrogen-bond donors (Lipinski definition) is 1. The highest BCUT2D eigenvalue weighted by molar-refractivity contribution is 6.34. The minimum absolute atomic E-state index is 0.0896. The molecule has 1 heterocycles. The summed E-state index contributed by atoms with van der Waals surface area (Å²) < 4.78 is 18.4. The molecule has 1 aliphatic heterocycles. The van der Waals surface area contributed by atoms with Crippen LogP contribution in [0.4, 0.5) is 15.8 Å². The maximum atomic E-state index is 13.1. The van der Waals surface area contributed by atoms with Gasteiger partial charge in [-0.3, -0.25) is 4.79 Å². The number of methoxy groups -OCH3 is 1. The van der Waals surface area contributed by atoms with Crippen LogP contribution in [0.5, 0.6) is 0 Å². The van der Waals surface area contributed by atoms with Crippen LogP contribution >= 0.6 is 11.6 Å². The minimum atomic E-state index is -0.471. The van der Waals surface area contributed by atoms with Crippen molar-refractivity contribution < 1.29 is 13.9 Å². The monoisotopic (exact) mass is 348 g/mol. The van der Waals surface area contributed by atoms with Gasteiger partial charge in [-0.15, -0.1) is 0 Å². The van der Waals surface area contributed by atoms with E-state index >= 15 is 0 Å². The van der Waals surface area contributed by atoms with Crippen molar-refractivity contribution in [1.29, 1.82) is 0 Å². The van der Waals surface area contributed by atoms with Crippen LogP contribution in [0.2, 0.25) is 5.02 Å². The summed E-state index contributed by atoms with van der Waals surface area (Å²) in [6.07, 6.45) is 1.28. The lowest BCUT2D eigenvalue weighted by molar-refractivity contribution is 0.102. The van der Waals surface area contributed by atoms with Crippen molar-refractivity contribution in [1.82, 2.24) is 0 Å². The van der Waals surface area contributed by atoms with E-state index in [2.05, 4.69) is 10.2 Å². The molecule has 6 heteroatoms. The largest absolute Gasteiger partial charge is 0.380 e. The standard InChI is InChI=1S/C18H18ClFN2O2/c1-24-15-8-9-22(11-15)14-5-3-13(4-6-14)21-18(23)16-7-2-12(20)10-17(16)19/h2-7,10,15H,8-9,11H2,1H3,(H,21,23)/t15-/m0/s1. The highest BCUT2D eigenvalue weighted by atomic mass is 35.5. The quantitative estimate of drug-likeness (QED) is 0.909. The first kappa shape index (κ1) is 16.7. The molecule has 0 aromatic heterocycles. The van der Waals surface area contributed by atoms with Crippen molar-refractivity contribution >= 4 is 28.9 Å². The molecule has 1 fully saturated rings. The third-order valence-electron chi connectivity index (χ3n) is 4.14. The highest BCUT2D eigenvalue weighted by Gasteiger charge is 2.22. The lowest BCUT2D eigenvalue weighted by atomic mass is 10.2. The lowest BCUT2D eigenvalue weighted by Gasteiger charge is -2.18. The molecule has 0 aliphatic carbocycles. The molecular formula is C18H18ClFN2O2. The molecule has 2 aromatic carbocycles. The maximum absolute atomic E-state index is 13.1. The van der Waals surface area contributed by atoms with Crippen LogP contribution in [0.15, 0.2) is 42.5 Å². The van der Waals surface area contributed by atoms with Crippen LogP contribution < -0.4 is 10.2 Å². The Hall–Kier alpha value is -2.11. The van der Waals surface area contributed by atoms with Crippen molar-refractivity contribution in [2.75, 3.05) is 30.4 Å². The van der Waals surface area contributed by atoms with Gasteiger partial charge in [-0.25, -0.2) is 4.39 Å². The zero-order valence-electron chi connectivity index (χ0n) is 13.3. The van der Waals surface area contributed by atoms with Gasteiger partial charge in [0.05, 0.1) is 16.7 Å². The van der Waals surface area contributed by atoms with Gasteiger partial charge in [-0.05, 0) is 48.9 Å². The predicted octanol–water partition coefficient (Wildman–Crippen LogP) is 3.96. The number of carbonyl (C=O) groups is 1. The van der Waals surface area contributed by atoms with E-state index in [-0.39, 0.29) is 22.6 Å². The minimum Gasteiger partial charge on any atom is -0.380 e. The van der Waals surface area contributed by atoms with E-state index in [0.29, 0.717) is 5.69 Å². The van der Waals surface area contributed by atoms with Crippen LogP contribution in [-0.4, -0.2) is 32.2 Å². The second-order valence-corrected chi connectivity index (χ2v) is 6.12. The Balaban J connectivity index is 1.67. The number of nitrogens with one attached hydrogen (secondary N) is 1. The number of rotatable bonds is 4. The lowest BCUT2D eigenvalue weighted by Crippen LogP contribution is -2.22. The summed E-state index contributed by atoms with van der Waals surface area (Å²) in [5.74, 6) is -0.839. The molecule has 0 unspecified atom stereocenters. The van der Waals surface area contributed by atoms with Crippen molar-refractivity contribution in [2.45, 2.75) is 12.5 Å². The molecule has 1 N–H and O–H groups in total. The Morgan fingerprint density at radius 2 is 2.04 bits per heavy atom. The second-order valence-electron chi connectivity index (χ2n) is 5.72. The molecule has 1 saturated heterocycles. The Morgan fingerprint density at radius 1 is 1.29 bits per heavy atom. The van der Waals surface area contributed by atoms with Crippen LogP contribution in [0.1, 0.15) is 16.8 Å². The summed E-state index contributed by atoms with van der Waals surface area (Å²) in [7, 11) is 1.73. The molecule has 0 saturated carbocycles. The fourth-order valence-electron chi connectivity index (χ4n) is 2.78. The molecule has 126 valence electrons. The third kappa shape index (κ3) is 3.68. The summed E-state index contributed by atoms with van der Waals surface area (Å²) in [6.45, 7) is 1.82. The van der Waals surface area contributed by atoms with Gasteiger partial charge in [-0.1, -0.05) is 11.6 Å². The van der Waals surface area contributed by atoms with Gasteiger partial charge in [0.2, 0.25) is 0 Å². The molecule has 1 atom stereocenters. The van der Waals surface area contributed by atoms with Gasteiger partial charge in [-0.2, -0.15) is 0 Å². The predicted molar refractivity (Wildman–Crippen MR) is 93.4 cm³/mol. The summed E-state index contributed by atoms with van der Waals surface area (Å²) in [6, 6.07) is 11.3. The Kier molecular flexibility index (Phi) is 5.02. The van der Waals surface area contributed by atoms with Crippen molar-refractivity contribution in [3.8, 4) is 0 Å². The number of amides is 1. The normalized spacial score (nSPS) is 17.1. The zero-order chi connectivity index (χ0) is 17.1. The van der Waals surface area contributed by atoms with E-state index in [9.17, 15) is 9.18 Å². The van der Waals surface area contributed by atoms with Gasteiger partial charge in [0.25, 0.3) is 5.91 Å². The van der Waals surface area contributed by atoms with Crippen LogP contribution in [0.25, 0.3) is 0 Å². The van der Waals surface area contributed by atoms with E-state index in [1.165, 1.54) is 12.1 Å². The fourth-order valence-corrected chi connectivity index (χ4v) is 3.04. The van der Waals surface area contributed by atoms with Gasteiger partial charge in [0.1, 0.15) is 5.82 Å². The smallest absolute Gasteiger partial charge is 0.257 e. The summed E-state index contributed by atoms with van der Waals surface area (Å²) in [4.78, 5) is 14.5. The summed E-state index contributed by atoms with van der Waals surface area (Å²) in [5, 5.41) is 2.86. The summed E-state index contributed by atoms with van der Waals surface area (Å²) >= 11 is 5.91. The fraction of sp³-hybridized carbons (Fsp3) is 0.278. The Morgan fingerprint density at radius 3 is 2.67 bits per heavy atom. The topological polar surface area (TPSA) is 41.6 Å². The number of anilines is 2. The van der Waals surface area contributed by atoms with Crippen LogP contribution in [0.3, 0.4) is 0 Å². The highest BCUT2D eigenvalue weighted by Crippen LogP contribution is 2.24. The molecule has 1 amide bonds. The van der Waals surface area contributed by atoms with Gasteiger partial charge in [0.15, 0.2) is 0 Å². The first-order valence-electron chi connectivity index (χ1n) is 7.71. The number of benzene rings is 2. The number of carbonyl (C=O) groups excluding carboxylic acids is 1. The first-order chi connectivity index (χ1) is 11.6. The van der Waals surface area contributed by atoms with Crippen molar-refractivity contribution in [2.24, 2.45) is 0 Å². The number of halogens is 2. The molecular weight excluding hydrogens is 331 g/mol. The Bertz CT molecular complexity index is 736. The molecule has 0 radical (unpaired) electrons. The van der Waals surface area contributed by atoms with Gasteiger partial charge >= 0.3 is 0 Å². The molecule has 4 nitrogen and oxygen atoms in total. The molecule has 3 rings (SSSR count). The molecule has 24 heavy (non-hydrogen) atoms. The molecule has 1 aliphatic rings. The van der Waals surface area contributed by atoms with Crippen molar-refractivity contribution in [3.05, 3.63) is 58.9 Å². The first-order valence-corrected chi connectivity index (χ1v) is 8.09. The number of nitrogens with zero attached hydrogens (tertiary/aromatic N) is 1. The van der Waals surface area contributed by atoms with Crippen molar-refractivity contribution in [3.63, 3.8) is 0 Å². The Labute approximate surface area is 145 Å². The van der Waals surface area contributed by atoms with E-state index in [4.69, 9.17) is 16.3 Å². The third-order valence-corrected chi connectivity index (χ3v) is 4.46. The van der Waals surface area contributed by atoms with E-state index in [1.807, 2.05) is 24.3 Å². The SMILES string of the molecule is CO[C@H]1CCN(c2ccc(NC(=O)c3ccc(F)cc3Cl)cc2)C1. The number of ether oxygens (including phenoxy) is 1. The maximum Gasteiger partial charge on any atom is 0.257 e. The number of hydrogen-bond acceptors (Lipinski definition) is 3. The van der Waals surface area contributed by atoms with Crippen LogP contribution in [-0.2, 0) is 4.74 Å². The van der Waals surface area contributed by atoms with Gasteiger partial charge < -0.3 is 15.0 Å². The van der Waals surface area contributed by atoms with E-state index in [0.717, 1.165) is 31.3 Å². The van der Waals surface area contributed by atoms with Gasteiger partial charge in [0, 0.05) is 31.6 Å². The average Bonchev–Trinajstić information content (AvgIpc) is 3.04. The zero-order valence-corrected chi connectivity index (χ0v) is 14.0. The molecule has 0 spiro atoms. The molecule has 2 aromatic rings. The van der Waals surface area contributed by atoms with E-state index in [1.54, 1.807) is 7.11 Å². The van der Waals surface area contributed by atoms with Crippen LogP contribution in [0, 0.1) is 5.82 Å². The van der Waals surface area contributed by atoms with E-state index < -0.39 is 5.82 Å².